The molecule has 2 aromatic heterocycles. The van der Waals surface area contributed by atoms with Crippen LogP contribution in [0.3, 0.4) is 0 Å². The monoisotopic (exact) mass is 476 g/mol. The van der Waals surface area contributed by atoms with E-state index in [0.717, 1.165) is 27.8 Å². The third-order valence-corrected chi connectivity index (χ3v) is 5.92. The SMILES string of the molecule is COc1ccccc1Cn1nc2c(-c3ccc(Cl)cc3)c(-c3ccc(Cl)cc3)cnn2c1=O. The molecule has 2 heterocycles. The third-order valence-electron chi connectivity index (χ3n) is 5.41. The number of methoxy groups -OCH3 is 1. The van der Waals surface area contributed by atoms with Gasteiger partial charge in [-0.3, -0.25) is 0 Å². The van der Waals surface area contributed by atoms with Crippen LogP contribution in [0.2, 0.25) is 10.0 Å². The summed E-state index contributed by atoms with van der Waals surface area (Å²) in [6, 6.07) is 22.4. The van der Waals surface area contributed by atoms with Gasteiger partial charge in [0.1, 0.15) is 5.75 Å². The molecule has 5 aromatic rings. The average Bonchev–Trinajstić information content (AvgIpc) is 3.15. The molecule has 0 spiro atoms. The number of hydrogen-bond donors (Lipinski definition) is 0. The molecule has 0 aliphatic heterocycles. The molecule has 5 rings (SSSR count). The molecule has 0 aliphatic carbocycles. The number of ether oxygens (including phenoxy) is 1. The maximum atomic E-state index is 13.2. The van der Waals surface area contributed by atoms with Crippen LogP contribution in [0, 0.1) is 0 Å². The lowest BCUT2D eigenvalue weighted by atomic mass is 9.97. The summed E-state index contributed by atoms with van der Waals surface area (Å²) in [6.07, 6.45) is 1.68. The van der Waals surface area contributed by atoms with E-state index >= 15 is 0 Å². The lowest BCUT2D eigenvalue weighted by molar-refractivity contribution is 0.407. The van der Waals surface area contributed by atoms with E-state index in [1.165, 1.54) is 9.20 Å². The van der Waals surface area contributed by atoms with E-state index in [4.69, 9.17) is 27.9 Å². The predicted molar refractivity (Wildman–Crippen MR) is 130 cm³/mol. The van der Waals surface area contributed by atoms with Crippen molar-refractivity contribution in [2.24, 2.45) is 0 Å². The van der Waals surface area contributed by atoms with Gasteiger partial charge in [0.2, 0.25) is 0 Å². The molecule has 0 bridgehead atoms. The van der Waals surface area contributed by atoms with Crippen molar-refractivity contribution < 1.29 is 4.74 Å². The Labute approximate surface area is 199 Å². The van der Waals surface area contributed by atoms with Gasteiger partial charge >= 0.3 is 5.69 Å². The number of fused-ring (bicyclic) bond motifs is 1. The Balaban J connectivity index is 1.74. The van der Waals surface area contributed by atoms with Gasteiger partial charge in [0, 0.05) is 26.7 Å². The number of hydrogen-bond acceptors (Lipinski definition) is 4. The zero-order valence-electron chi connectivity index (χ0n) is 17.6. The van der Waals surface area contributed by atoms with Gasteiger partial charge in [-0.1, -0.05) is 65.7 Å². The van der Waals surface area contributed by atoms with Crippen molar-refractivity contribution in [2.45, 2.75) is 6.54 Å². The normalized spacial score (nSPS) is 11.1. The first-order valence-corrected chi connectivity index (χ1v) is 10.9. The minimum atomic E-state index is -0.339. The fourth-order valence-electron chi connectivity index (χ4n) is 3.81. The van der Waals surface area contributed by atoms with E-state index in [1.54, 1.807) is 13.3 Å². The van der Waals surface area contributed by atoms with Crippen LogP contribution in [0.1, 0.15) is 5.56 Å². The summed E-state index contributed by atoms with van der Waals surface area (Å²) in [7, 11) is 1.60. The Hall–Kier alpha value is -3.61. The van der Waals surface area contributed by atoms with E-state index in [0.29, 0.717) is 21.4 Å². The maximum absolute atomic E-state index is 13.2. The molecular formula is C25H18Cl2N4O2. The molecule has 0 saturated carbocycles. The molecule has 0 amide bonds. The topological polar surface area (TPSA) is 61.4 Å². The van der Waals surface area contributed by atoms with Gasteiger partial charge in [0.05, 0.1) is 19.9 Å². The number of para-hydroxylation sites is 1. The van der Waals surface area contributed by atoms with Crippen molar-refractivity contribution >= 4 is 28.8 Å². The molecule has 6 nitrogen and oxygen atoms in total. The summed E-state index contributed by atoms with van der Waals surface area (Å²) < 4.78 is 8.15. The summed E-state index contributed by atoms with van der Waals surface area (Å²) in [5.41, 5.74) is 4.34. The summed E-state index contributed by atoms with van der Waals surface area (Å²) in [4.78, 5) is 13.2. The Kier molecular flexibility index (Phi) is 5.62. The molecule has 0 radical (unpaired) electrons. The Morgan fingerprint density at radius 1 is 0.879 bits per heavy atom. The number of nitrogens with zero attached hydrogens (tertiary/aromatic N) is 4. The number of aromatic nitrogens is 4. The van der Waals surface area contributed by atoms with Gasteiger partial charge in [-0.15, -0.1) is 5.10 Å². The van der Waals surface area contributed by atoms with Gasteiger partial charge in [-0.25, -0.2) is 9.48 Å². The van der Waals surface area contributed by atoms with Crippen LogP contribution < -0.4 is 10.4 Å². The predicted octanol–water partition coefficient (Wildman–Crippen LogP) is 5.59. The second-order valence-corrected chi connectivity index (χ2v) is 8.31. The summed E-state index contributed by atoms with van der Waals surface area (Å²) in [6.45, 7) is 0.253. The highest BCUT2D eigenvalue weighted by Crippen LogP contribution is 2.35. The van der Waals surface area contributed by atoms with E-state index in [1.807, 2.05) is 72.8 Å². The van der Waals surface area contributed by atoms with E-state index in [2.05, 4.69) is 10.2 Å². The van der Waals surface area contributed by atoms with Crippen molar-refractivity contribution in [1.82, 2.24) is 19.4 Å². The molecular weight excluding hydrogens is 459 g/mol. The van der Waals surface area contributed by atoms with Crippen LogP contribution in [-0.4, -0.2) is 26.5 Å². The first kappa shape index (κ1) is 21.2. The molecule has 0 fully saturated rings. The Morgan fingerprint density at radius 2 is 1.52 bits per heavy atom. The van der Waals surface area contributed by atoms with Gasteiger partial charge in [-0.05, 0) is 41.5 Å². The van der Waals surface area contributed by atoms with Crippen molar-refractivity contribution in [1.29, 1.82) is 0 Å². The number of rotatable bonds is 5. The van der Waals surface area contributed by atoms with E-state index < -0.39 is 0 Å². The first-order valence-electron chi connectivity index (χ1n) is 10.2. The largest absolute Gasteiger partial charge is 0.496 e. The lowest BCUT2D eigenvalue weighted by Crippen LogP contribution is -2.23. The number of benzene rings is 3. The standard InChI is InChI=1S/C25H18Cl2N4O2/c1-33-22-5-3-2-4-18(22)15-30-25(32)31-24(29-30)23(17-8-12-20(27)13-9-17)21(14-28-31)16-6-10-19(26)11-7-16/h2-14H,15H2,1H3. The zero-order valence-corrected chi connectivity index (χ0v) is 19.1. The molecule has 164 valence electrons. The van der Waals surface area contributed by atoms with Crippen molar-refractivity contribution in [2.75, 3.05) is 7.11 Å². The molecule has 0 saturated heterocycles. The zero-order chi connectivity index (χ0) is 22.9. The minimum Gasteiger partial charge on any atom is -0.496 e. The molecule has 0 unspecified atom stereocenters. The maximum Gasteiger partial charge on any atom is 0.367 e. The highest BCUT2D eigenvalue weighted by Gasteiger charge is 2.19. The molecule has 0 aliphatic rings. The molecule has 3 aromatic carbocycles. The Morgan fingerprint density at radius 3 is 2.18 bits per heavy atom. The van der Waals surface area contributed by atoms with Gasteiger partial charge in [-0.2, -0.15) is 9.61 Å². The highest BCUT2D eigenvalue weighted by atomic mass is 35.5. The van der Waals surface area contributed by atoms with Crippen molar-refractivity contribution in [3.05, 3.63) is 105 Å². The summed E-state index contributed by atoms with van der Waals surface area (Å²) in [5, 5.41) is 10.4. The van der Waals surface area contributed by atoms with Crippen LogP contribution in [0.15, 0.2) is 83.8 Å². The second-order valence-electron chi connectivity index (χ2n) is 7.43. The molecule has 8 heteroatoms. The molecule has 0 atom stereocenters. The molecule has 33 heavy (non-hydrogen) atoms. The van der Waals surface area contributed by atoms with Gasteiger partial charge < -0.3 is 4.74 Å². The quantitative estimate of drug-likeness (QED) is 0.331. The lowest BCUT2D eigenvalue weighted by Gasteiger charge is -2.11. The van der Waals surface area contributed by atoms with E-state index in [9.17, 15) is 4.79 Å². The second kappa shape index (κ2) is 8.73. The van der Waals surface area contributed by atoms with Crippen LogP contribution >= 0.6 is 23.2 Å². The van der Waals surface area contributed by atoms with Gasteiger partial charge in [0.25, 0.3) is 0 Å². The van der Waals surface area contributed by atoms with Crippen molar-refractivity contribution in [3.8, 4) is 28.0 Å². The third kappa shape index (κ3) is 3.99. The Bertz CT molecular complexity index is 1510. The molecule has 0 N–H and O–H groups in total. The van der Waals surface area contributed by atoms with Crippen LogP contribution in [0.5, 0.6) is 5.75 Å². The first-order chi connectivity index (χ1) is 16.0. The van der Waals surface area contributed by atoms with Crippen LogP contribution in [0.25, 0.3) is 27.9 Å². The highest BCUT2D eigenvalue weighted by molar-refractivity contribution is 6.31. The number of halogens is 2. The van der Waals surface area contributed by atoms with Crippen LogP contribution in [0.4, 0.5) is 0 Å². The fraction of sp³-hybridized carbons (Fsp3) is 0.0800. The average molecular weight is 477 g/mol. The smallest absolute Gasteiger partial charge is 0.367 e. The van der Waals surface area contributed by atoms with Gasteiger partial charge in [0.15, 0.2) is 5.65 Å². The fourth-order valence-corrected chi connectivity index (χ4v) is 4.06. The summed E-state index contributed by atoms with van der Waals surface area (Å²) in [5.74, 6) is 0.689. The van der Waals surface area contributed by atoms with E-state index in [-0.39, 0.29) is 12.2 Å². The van der Waals surface area contributed by atoms with Crippen LogP contribution in [-0.2, 0) is 6.54 Å². The summed E-state index contributed by atoms with van der Waals surface area (Å²) >= 11 is 12.2. The van der Waals surface area contributed by atoms with Crippen molar-refractivity contribution in [3.63, 3.8) is 0 Å². The minimum absolute atomic E-state index is 0.253.